The van der Waals surface area contributed by atoms with Gasteiger partial charge in [-0.2, -0.15) is 0 Å². The quantitative estimate of drug-likeness (QED) is 0.805. The van der Waals surface area contributed by atoms with Gasteiger partial charge in [0.25, 0.3) is 0 Å². The lowest BCUT2D eigenvalue weighted by atomic mass is 9.78. The minimum atomic E-state index is 0.0530. The van der Waals surface area contributed by atoms with Crippen molar-refractivity contribution in [2.75, 3.05) is 14.1 Å². The summed E-state index contributed by atoms with van der Waals surface area (Å²) < 4.78 is 2.28. The summed E-state index contributed by atoms with van der Waals surface area (Å²) in [5, 5.41) is 0. The van der Waals surface area contributed by atoms with E-state index in [2.05, 4.69) is 23.4 Å². The molecule has 0 N–H and O–H groups in total. The Hall–Kier alpha value is -1.91. The first-order valence-electron chi connectivity index (χ1n) is 9.40. The van der Waals surface area contributed by atoms with Gasteiger partial charge < -0.3 is 9.47 Å². The van der Waals surface area contributed by atoms with Crippen LogP contribution in [0.5, 0.6) is 0 Å². The summed E-state index contributed by atoms with van der Waals surface area (Å²) >= 11 is 0. The highest BCUT2D eigenvalue weighted by atomic mass is 16.2. The van der Waals surface area contributed by atoms with E-state index >= 15 is 0 Å². The Labute approximate surface area is 150 Å². The molecule has 2 aromatic heterocycles. The predicted octanol–water partition coefficient (Wildman–Crippen LogP) is 3.67. The average Bonchev–Trinajstić information content (AvgIpc) is 3.13. The van der Waals surface area contributed by atoms with Crippen LogP contribution < -0.4 is 0 Å². The molecule has 5 heteroatoms. The molecule has 2 aromatic rings. The zero-order valence-electron chi connectivity index (χ0n) is 16.0. The first-order valence-corrected chi connectivity index (χ1v) is 9.40. The van der Waals surface area contributed by atoms with Crippen molar-refractivity contribution < 1.29 is 4.79 Å². The van der Waals surface area contributed by atoms with Crippen LogP contribution in [0.15, 0.2) is 18.3 Å². The Morgan fingerprint density at radius 2 is 2.04 bits per heavy atom. The fraction of sp³-hybridized carbons (Fsp3) is 0.650. The molecule has 0 spiro atoms. The van der Waals surface area contributed by atoms with Gasteiger partial charge in [-0.25, -0.2) is 9.97 Å². The summed E-state index contributed by atoms with van der Waals surface area (Å²) in [6.45, 7) is 5.36. The number of carbonyl (C=O) groups excluding carboxylic acids is 1. The maximum Gasteiger partial charge on any atom is 0.222 e. The van der Waals surface area contributed by atoms with E-state index in [9.17, 15) is 4.79 Å². The zero-order chi connectivity index (χ0) is 18.0. The van der Waals surface area contributed by atoms with Crippen molar-refractivity contribution in [3.63, 3.8) is 0 Å². The average molecular weight is 342 g/mol. The highest BCUT2D eigenvalue weighted by molar-refractivity contribution is 5.76. The fourth-order valence-electron chi connectivity index (χ4n) is 4.05. The summed E-state index contributed by atoms with van der Waals surface area (Å²) in [5.74, 6) is 1.85. The number of pyridine rings is 1. The fourth-order valence-corrected chi connectivity index (χ4v) is 4.05. The summed E-state index contributed by atoms with van der Waals surface area (Å²) in [7, 11) is 3.70. The van der Waals surface area contributed by atoms with E-state index < -0.39 is 0 Å². The molecule has 2 heterocycles. The lowest BCUT2D eigenvalue weighted by molar-refractivity contribution is -0.131. The van der Waals surface area contributed by atoms with E-state index in [4.69, 9.17) is 4.98 Å². The largest absolute Gasteiger partial charge is 0.349 e. The van der Waals surface area contributed by atoms with Crippen LogP contribution in [0.2, 0.25) is 0 Å². The Morgan fingerprint density at radius 3 is 2.68 bits per heavy atom. The third-order valence-corrected chi connectivity index (χ3v) is 5.35. The molecule has 1 amide bonds. The molecule has 0 saturated heterocycles. The van der Waals surface area contributed by atoms with E-state index in [0.29, 0.717) is 12.3 Å². The first-order chi connectivity index (χ1) is 11.9. The van der Waals surface area contributed by atoms with Gasteiger partial charge in [-0.05, 0) is 36.3 Å². The van der Waals surface area contributed by atoms with E-state index in [0.717, 1.165) is 42.8 Å². The van der Waals surface area contributed by atoms with Gasteiger partial charge in [-0.1, -0.05) is 26.7 Å². The normalized spacial score (nSPS) is 16.7. The number of hydrogen-bond acceptors (Lipinski definition) is 3. The van der Waals surface area contributed by atoms with Crippen LogP contribution in [-0.2, 0) is 17.8 Å². The number of aromatic nitrogens is 3. The van der Waals surface area contributed by atoms with Crippen molar-refractivity contribution >= 4 is 17.1 Å². The standard InChI is InChI=1S/C20H30N4O/c1-15(2)14-24-17(22-16-8-7-11-21-19(16)24)12-20(9-5-6-10-20)13-18(25)23(3)4/h7-8,11,15H,5-6,9-10,12-14H2,1-4H3. The molecule has 1 saturated carbocycles. The van der Waals surface area contributed by atoms with Gasteiger partial charge in [0.2, 0.25) is 5.91 Å². The SMILES string of the molecule is CC(C)Cn1c(CC2(CC(=O)N(C)C)CCCC2)nc2cccnc21. The van der Waals surface area contributed by atoms with Gasteiger partial charge in [0.1, 0.15) is 11.3 Å². The summed E-state index contributed by atoms with van der Waals surface area (Å²) in [6.07, 6.45) is 7.99. The molecule has 0 radical (unpaired) electrons. The van der Waals surface area contributed by atoms with Gasteiger partial charge in [-0.15, -0.1) is 0 Å². The Balaban J connectivity index is 1.95. The van der Waals surface area contributed by atoms with Crippen LogP contribution in [0.25, 0.3) is 11.2 Å². The molecule has 5 nitrogen and oxygen atoms in total. The van der Waals surface area contributed by atoms with E-state index in [-0.39, 0.29) is 11.3 Å². The molecule has 0 atom stereocenters. The molecule has 1 fully saturated rings. The number of fused-ring (bicyclic) bond motifs is 1. The van der Waals surface area contributed by atoms with Gasteiger partial charge >= 0.3 is 0 Å². The second-order valence-corrected chi connectivity index (χ2v) is 8.23. The number of hydrogen-bond donors (Lipinski definition) is 0. The highest BCUT2D eigenvalue weighted by Crippen LogP contribution is 2.44. The minimum Gasteiger partial charge on any atom is -0.349 e. The van der Waals surface area contributed by atoms with Crippen LogP contribution in [0.1, 0.15) is 51.8 Å². The van der Waals surface area contributed by atoms with Crippen molar-refractivity contribution in [2.24, 2.45) is 11.3 Å². The van der Waals surface area contributed by atoms with Crippen LogP contribution >= 0.6 is 0 Å². The number of imidazole rings is 1. The molecule has 136 valence electrons. The molecule has 0 unspecified atom stereocenters. The topological polar surface area (TPSA) is 51.0 Å². The molecule has 25 heavy (non-hydrogen) atoms. The van der Waals surface area contributed by atoms with Gasteiger partial charge in [0, 0.05) is 39.7 Å². The van der Waals surface area contributed by atoms with Gasteiger partial charge in [-0.3, -0.25) is 4.79 Å². The molecular formula is C20H30N4O. The Kier molecular flexibility index (Phi) is 5.11. The van der Waals surface area contributed by atoms with Gasteiger partial charge in [0.15, 0.2) is 5.65 Å². The third kappa shape index (κ3) is 3.86. The Bertz CT molecular complexity index is 741. The highest BCUT2D eigenvalue weighted by Gasteiger charge is 2.38. The van der Waals surface area contributed by atoms with Crippen LogP contribution in [0.4, 0.5) is 0 Å². The van der Waals surface area contributed by atoms with Crippen LogP contribution in [-0.4, -0.2) is 39.4 Å². The number of rotatable bonds is 6. The van der Waals surface area contributed by atoms with Crippen molar-refractivity contribution in [3.8, 4) is 0 Å². The lowest BCUT2D eigenvalue weighted by Crippen LogP contribution is -2.32. The molecule has 3 rings (SSSR count). The first kappa shape index (κ1) is 17.9. The smallest absolute Gasteiger partial charge is 0.222 e. The van der Waals surface area contributed by atoms with E-state index in [1.54, 1.807) is 4.90 Å². The second-order valence-electron chi connectivity index (χ2n) is 8.23. The van der Waals surface area contributed by atoms with Crippen molar-refractivity contribution in [3.05, 3.63) is 24.2 Å². The van der Waals surface area contributed by atoms with Crippen LogP contribution in [0.3, 0.4) is 0 Å². The zero-order valence-corrected chi connectivity index (χ0v) is 16.0. The van der Waals surface area contributed by atoms with Gasteiger partial charge in [0.05, 0.1) is 0 Å². The molecule has 0 bridgehead atoms. The number of carbonyl (C=O) groups is 1. The van der Waals surface area contributed by atoms with Crippen molar-refractivity contribution in [1.29, 1.82) is 0 Å². The van der Waals surface area contributed by atoms with E-state index in [1.165, 1.54) is 12.8 Å². The Morgan fingerprint density at radius 1 is 1.32 bits per heavy atom. The van der Waals surface area contributed by atoms with Crippen molar-refractivity contribution in [1.82, 2.24) is 19.4 Å². The number of amides is 1. The molecule has 1 aliphatic carbocycles. The lowest BCUT2D eigenvalue weighted by Gasteiger charge is -2.29. The summed E-state index contributed by atoms with van der Waals surface area (Å²) in [4.78, 5) is 23.6. The molecule has 0 aromatic carbocycles. The molecular weight excluding hydrogens is 312 g/mol. The summed E-state index contributed by atoms with van der Waals surface area (Å²) in [6, 6.07) is 3.98. The molecule has 0 aliphatic heterocycles. The monoisotopic (exact) mass is 342 g/mol. The summed E-state index contributed by atoms with van der Waals surface area (Å²) in [5.41, 5.74) is 1.99. The maximum absolute atomic E-state index is 12.4. The number of nitrogens with zero attached hydrogens (tertiary/aromatic N) is 4. The maximum atomic E-state index is 12.4. The minimum absolute atomic E-state index is 0.0530. The van der Waals surface area contributed by atoms with E-state index in [1.807, 2.05) is 32.4 Å². The van der Waals surface area contributed by atoms with Crippen molar-refractivity contribution in [2.45, 2.75) is 58.9 Å². The predicted molar refractivity (Wildman–Crippen MR) is 100 cm³/mol. The second kappa shape index (κ2) is 7.14. The van der Waals surface area contributed by atoms with Crippen LogP contribution in [0, 0.1) is 11.3 Å². The third-order valence-electron chi connectivity index (χ3n) is 5.35. The molecule has 1 aliphatic rings.